The third kappa shape index (κ3) is 0.984. The zero-order valence-electron chi connectivity index (χ0n) is 6.89. The molecule has 1 aliphatic rings. The number of aromatic nitrogens is 2. The highest BCUT2D eigenvalue weighted by Gasteiger charge is 2.16. The van der Waals surface area contributed by atoms with Gasteiger partial charge in [-0.05, 0) is 0 Å². The fraction of sp³-hybridized carbons (Fsp3) is 0.429. The summed E-state index contributed by atoms with van der Waals surface area (Å²) in [7, 11) is 1.78. The first-order valence-corrected chi connectivity index (χ1v) is 3.85. The summed E-state index contributed by atoms with van der Waals surface area (Å²) in [5.41, 5.74) is 7.76. The van der Waals surface area contributed by atoms with Crippen LogP contribution in [0.1, 0.15) is 11.3 Å². The van der Waals surface area contributed by atoms with Crippen molar-refractivity contribution in [2.75, 3.05) is 18.1 Å². The van der Waals surface area contributed by atoms with E-state index >= 15 is 0 Å². The molecule has 0 atom stereocenters. The van der Waals surface area contributed by atoms with Gasteiger partial charge in [-0.2, -0.15) is 4.98 Å². The molecule has 1 aromatic heterocycles. The number of hydrogen-bond donors (Lipinski definition) is 3. The second kappa shape index (κ2) is 2.60. The minimum atomic E-state index is 0.578. The van der Waals surface area contributed by atoms with Crippen molar-refractivity contribution in [1.29, 1.82) is 0 Å². The standard InChI is InChI=1S/C7H11N5/c1-9-7-11-5-3-10-2-4(5)6(8)12-7/h10H,2-3H2,1H3,(H3,8,9,11,12). The van der Waals surface area contributed by atoms with Crippen LogP contribution >= 0.6 is 0 Å². The number of rotatable bonds is 1. The molecular weight excluding hydrogens is 154 g/mol. The Bertz CT molecular complexity index is 309. The van der Waals surface area contributed by atoms with Crippen molar-refractivity contribution in [3.63, 3.8) is 0 Å². The topological polar surface area (TPSA) is 75.9 Å². The molecular formula is C7H11N5. The van der Waals surface area contributed by atoms with Crippen LogP contribution in [0.4, 0.5) is 11.8 Å². The molecule has 0 aliphatic carbocycles. The molecule has 12 heavy (non-hydrogen) atoms. The van der Waals surface area contributed by atoms with Crippen LogP contribution < -0.4 is 16.4 Å². The second-order valence-electron chi connectivity index (χ2n) is 2.71. The highest BCUT2D eigenvalue weighted by molar-refractivity contribution is 5.48. The van der Waals surface area contributed by atoms with Gasteiger partial charge in [0.25, 0.3) is 0 Å². The molecule has 0 bridgehead atoms. The summed E-state index contributed by atoms with van der Waals surface area (Å²) >= 11 is 0. The molecule has 0 amide bonds. The smallest absolute Gasteiger partial charge is 0.224 e. The van der Waals surface area contributed by atoms with Crippen LogP contribution in [0, 0.1) is 0 Å². The summed E-state index contributed by atoms with van der Waals surface area (Å²) in [6, 6.07) is 0. The van der Waals surface area contributed by atoms with Gasteiger partial charge in [0.1, 0.15) is 5.82 Å². The van der Waals surface area contributed by atoms with E-state index in [9.17, 15) is 0 Å². The van der Waals surface area contributed by atoms with E-state index in [0.29, 0.717) is 11.8 Å². The summed E-state index contributed by atoms with van der Waals surface area (Å²) in [4.78, 5) is 8.35. The first-order valence-electron chi connectivity index (χ1n) is 3.85. The van der Waals surface area contributed by atoms with Crippen molar-refractivity contribution in [1.82, 2.24) is 15.3 Å². The normalized spacial score (nSPS) is 14.4. The van der Waals surface area contributed by atoms with Crippen LogP contribution in [0.3, 0.4) is 0 Å². The highest BCUT2D eigenvalue weighted by Crippen LogP contribution is 2.19. The number of nitrogens with zero attached hydrogens (tertiary/aromatic N) is 2. The third-order valence-corrected chi connectivity index (χ3v) is 1.94. The molecule has 5 heteroatoms. The quantitative estimate of drug-likeness (QED) is 0.533. The molecule has 64 valence electrons. The van der Waals surface area contributed by atoms with Gasteiger partial charge in [-0.3, -0.25) is 0 Å². The van der Waals surface area contributed by atoms with E-state index in [-0.39, 0.29) is 0 Å². The maximum atomic E-state index is 5.72. The van der Waals surface area contributed by atoms with E-state index in [1.807, 2.05) is 0 Å². The van der Waals surface area contributed by atoms with Crippen LogP contribution in [0.2, 0.25) is 0 Å². The average Bonchev–Trinajstić information content (AvgIpc) is 2.52. The minimum Gasteiger partial charge on any atom is -0.383 e. The van der Waals surface area contributed by atoms with E-state index < -0.39 is 0 Å². The molecule has 0 fully saturated rings. The van der Waals surface area contributed by atoms with Crippen LogP contribution in [0.25, 0.3) is 0 Å². The van der Waals surface area contributed by atoms with Crippen molar-refractivity contribution in [2.24, 2.45) is 0 Å². The lowest BCUT2D eigenvalue weighted by Crippen LogP contribution is -2.04. The molecule has 5 nitrogen and oxygen atoms in total. The van der Waals surface area contributed by atoms with Crippen molar-refractivity contribution in [3.05, 3.63) is 11.3 Å². The molecule has 1 aromatic rings. The minimum absolute atomic E-state index is 0.578. The van der Waals surface area contributed by atoms with E-state index in [2.05, 4.69) is 20.6 Å². The lowest BCUT2D eigenvalue weighted by molar-refractivity contribution is 0.758. The summed E-state index contributed by atoms with van der Waals surface area (Å²) in [6.07, 6.45) is 0. The molecule has 0 spiro atoms. The number of anilines is 2. The van der Waals surface area contributed by atoms with E-state index in [0.717, 1.165) is 24.3 Å². The predicted octanol–water partition coefficient (Wildman–Crippen LogP) is -0.296. The Labute approximate surface area is 70.4 Å². The van der Waals surface area contributed by atoms with Gasteiger partial charge in [-0.1, -0.05) is 0 Å². The fourth-order valence-corrected chi connectivity index (χ4v) is 1.31. The highest BCUT2D eigenvalue weighted by atomic mass is 15.1. The number of nitrogens with two attached hydrogens (primary N) is 1. The van der Waals surface area contributed by atoms with Crippen molar-refractivity contribution in [3.8, 4) is 0 Å². The molecule has 0 radical (unpaired) electrons. The van der Waals surface area contributed by atoms with Gasteiger partial charge < -0.3 is 16.4 Å². The van der Waals surface area contributed by atoms with Gasteiger partial charge in [-0.25, -0.2) is 4.98 Å². The zero-order valence-corrected chi connectivity index (χ0v) is 6.89. The number of nitrogen functional groups attached to an aromatic ring is 1. The number of fused-ring (bicyclic) bond motifs is 1. The molecule has 2 heterocycles. The van der Waals surface area contributed by atoms with E-state index in [1.165, 1.54) is 0 Å². The summed E-state index contributed by atoms with van der Waals surface area (Å²) in [6.45, 7) is 1.57. The largest absolute Gasteiger partial charge is 0.383 e. The van der Waals surface area contributed by atoms with Crippen molar-refractivity contribution in [2.45, 2.75) is 13.1 Å². The van der Waals surface area contributed by atoms with Gasteiger partial charge >= 0.3 is 0 Å². The Kier molecular flexibility index (Phi) is 1.58. The second-order valence-corrected chi connectivity index (χ2v) is 2.71. The summed E-state index contributed by atoms with van der Waals surface area (Å²) in [5.74, 6) is 1.17. The van der Waals surface area contributed by atoms with Crippen molar-refractivity contribution >= 4 is 11.8 Å². The molecule has 0 saturated heterocycles. The fourth-order valence-electron chi connectivity index (χ4n) is 1.31. The summed E-state index contributed by atoms with van der Waals surface area (Å²) in [5, 5.41) is 6.04. The Balaban J connectivity index is 2.51. The molecule has 0 aromatic carbocycles. The van der Waals surface area contributed by atoms with Crippen LogP contribution in [-0.4, -0.2) is 17.0 Å². The van der Waals surface area contributed by atoms with Gasteiger partial charge in [-0.15, -0.1) is 0 Å². The van der Waals surface area contributed by atoms with Gasteiger partial charge in [0, 0.05) is 25.7 Å². The Morgan fingerprint density at radius 2 is 2.25 bits per heavy atom. The predicted molar refractivity (Wildman–Crippen MR) is 46.5 cm³/mol. The number of nitrogens with one attached hydrogen (secondary N) is 2. The Morgan fingerprint density at radius 3 is 3.00 bits per heavy atom. The van der Waals surface area contributed by atoms with Crippen molar-refractivity contribution < 1.29 is 0 Å². The molecule has 4 N–H and O–H groups in total. The van der Waals surface area contributed by atoms with Gasteiger partial charge in [0.2, 0.25) is 5.95 Å². The van der Waals surface area contributed by atoms with Crippen LogP contribution in [0.15, 0.2) is 0 Å². The molecule has 1 aliphatic heterocycles. The first-order chi connectivity index (χ1) is 5.81. The van der Waals surface area contributed by atoms with Gasteiger partial charge in [0.05, 0.1) is 5.69 Å². The lowest BCUT2D eigenvalue weighted by Gasteiger charge is -2.03. The maximum Gasteiger partial charge on any atom is 0.224 e. The average molecular weight is 165 g/mol. The summed E-state index contributed by atoms with van der Waals surface area (Å²) < 4.78 is 0. The molecule has 0 saturated carbocycles. The Hall–Kier alpha value is -1.36. The molecule has 2 rings (SSSR count). The van der Waals surface area contributed by atoms with Crippen LogP contribution in [-0.2, 0) is 13.1 Å². The third-order valence-electron chi connectivity index (χ3n) is 1.94. The number of hydrogen-bond acceptors (Lipinski definition) is 5. The first kappa shape index (κ1) is 7.30. The van der Waals surface area contributed by atoms with E-state index in [1.54, 1.807) is 7.05 Å². The van der Waals surface area contributed by atoms with E-state index in [4.69, 9.17) is 5.73 Å². The zero-order chi connectivity index (χ0) is 8.55. The SMILES string of the molecule is CNc1nc(N)c2c(n1)CNC2. The van der Waals surface area contributed by atoms with Gasteiger partial charge in [0.15, 0.2) is 0 Å². The maximum absolute atomic E-state index is 5.72. The lowest BCUT2D eigenvalue weighted by atomic mass is 10.2. The monoisotopic (exact) mass is 165 g/mol. The molecule has 0 unspecified atom stereocenters. The van der Waals surface area contributed by atoms with Crippen LogP contribution in [0.5, 0.6) is 0 Å². The Morgan fingerprint density at radius 1 is 1.42 bits per heavy atom.